The summed E-state index contributed by atoms with van der Waals surface area (Å²) in [6, 6.07) is 11.8. The molecule has 0 aliphatic heterocycles. The van der Waals surface area contributed by atoms with E-state index in [1.54, 1.807) is 6.07 Å². The Bertz CT molecular complexity index is 594. The van der Waals surface area contributed by atoms with Crippen molar-refractivity contribution in [3.8, 4) is 0 Å². The molecule has 2 rings (SSSR count). The third kappa shape index (κ3) is 3.78. The van der Waals surface area contributed by atoms with Crippen molar-refractivity contribution in [2.45, 2.75) is 39.0 Å². The van der Waals surface area contributed by atoms with Gasteiger partial charge in [0.1, 0.15) is 5.82 Å². The molecule has 3 heteroatoms. The van der Waals surface area contributed by atoms with Gasteiger partial charge >= 0.3 is 0 Å². The first-order valence-electron chi connectivity index (χ1n) is 6.60. The topological polar surface area (TPSA) is 45.8 Å². The van der Waals surface area contributed by atoms with E-state index in [2.05, 4.69) is 42.9 Å². The molecule has 0 saturated carbocycles. The molecule has 100 valence electrons. The zero-order valence-electron chi connectivity index (χ0n) is 11.7. The first-order chi connectivity index (χ1) is 8.95. The van der Waals surface area contributed by atoms with Gasteiger partial charge in [-0.15, -0.1) is 0 Å². The molecule has 0 radical (unpaired) electrons. The van der Waals surface area contributed by atoms with Gasteiger partial charge in [0.05, 0.1) is 5.69 Å². The highest BCUT2D eigenvalue weighted by atomic mass is 16.1. The van der Waals surface area contributed by atoms with Crippen molar-refractivity contribution >= 4 is 0 Å². The fourth-order valence-corrected chi connectivity index (χ4v) is 1.92. The fraction of sp³-hybridized carbons (Fsp3) is 0.375. The Labute approximate surface area is 113 Å². The van der Waals surface area contributed by atoms with Crippen LogP contribution in [0.2, 0.25) is 0 Å². The minimum Gasteiger partial charge on any atom is -0.311 e. The number of aryl methyl sites for hydroxylation is 2. The zero-order chi connectivity index (χ0) is 13.9. The molecule has 0 bridgehead atoms. The Balaban J connectivity index is 2.17. The van der Waals surface area contributed by atoms with E-state index < -0.39 is 0 Å². The maximum Gasteiger partial charge on any atom is 0.251 e. The average molecular weight is 256 g/mol. The molecule has 0 atom stereocenters. The van der Waals surface area contributed by atoms with Gasteiger partial charge in [0.25, 0.3) is 5.56 Å². The average Bonchev–Trinajstić information content (AvgIpc) is 2.36. The molecule has 0 fully saturated rings. The second kappa shape index (κ2) is 5.39. The van der Waals surface area contributed by atoms with Crippen molar-refractivity contribution in [1.82, 2.24) is 9.97 Å². The van der Waals surface area contributed by atoms with Gasteiger partial charge in [0.15, 0.2) is 0 Å². The molecule has 1 aromatic carbocycles. The quantitative estimate of drug-likeness (QED) is 0.917. The molecule has 1 N–H and O–H groups in total. The van der Waals surface area contributed by atoms with Crippen molar-refractivity contribution in [1.29, 1.82) is 0 Å². The summed E-state index contributed by atoms with van der Waals surface area (Å²) in [5.74, 6) is 0.765. The van der Waals surface area contributed by atoms with E-state index in [1.807, 2.05) is 18.2 Å². The number of nitrogens with one attached hydrogen (secondary N) is 1. The molecule has 0 unspecified atom stereocenters. The fourth-order valence-electron chi connectivity index (χ4n) is 1.92. The van der Waals surface area contributed by atoms with Crippen LogP contribution in [0.3, 0.4) is 0 Å². The Morgan fingerprint density at radius 3 is 2.42 bits per heavy atom. The van der Waals surface area contributed by atoms with Crippen LogP contribution < -0.4 is 5.56 Å². The zero-order valence-corrected chi connectivity index (χ0v) is 11.7. The Morgan fingerprint density at radius 2 is 1.79 bits per heavy atom. The summed E-state index contributed by atoms with van der Waals surface area (Å²) in [4.78, 5) is 19.1. The maximum absolute atomic E-state index is 11.7. The van der Waals surface area contributed by atoms with E-state index in [-0.39, 0.29) is 11.0 Å². The van der Waals surface area contributed by atoms with E-state index in [0.29, 0.717) is 0 Å². The van der Waals surface area contributed by atoms with Crippen LogP contribution in [0.5, 0.6) is 0 Å². The van der Waals surface area contributed by atoms with Crippen LogP contribution in [0.15, 0.2) is 41.2 Å². The number of aromatic nitrogens is 2. The normalized spacial score (nSPS) is 11.5. The van der Waals surface area contributed by atoms with Crippen LogP contribution in [0.25, 0.3) is 0 Å². The molecule has 0 aliphatic rings. The third-order valence-electron chi connectivity index (χ3n) is 3.05. The van der Waals surface area contributed by atoms with E-state index in [4.69, 9.17) is 0 Å². The molecular formula is C16H20N2O. The minimum atomic E-state index is -0.101. The lowest BCUT2D eigenvalue weighted by molar-refractivity contribution is 0.560. The number of hydrogen-bond donors (Lipinski definition) is 1. The molecule has 1 aromatic heterocycles. The lowest BCUT2D eigenvalue weighted by Crippen LogP contribution is -2.21. The van der Waals surface area contributed by atoms with Gasteiger partial charge in [-0.05, 0) is 12.0 Å². The van der Waals surface area contributed by atoms with Crippen LogP contribution >= 0.6 is 0 Å². The number of rotatable bonds is 3. The summed E-state index contributed by atoms with van der Waals surface area (Å²) in [7, 11) is 0. The van der Waals surface area contributed by atoms with E-state index in [1.165, 1.54) is 5.56 Å². The Kier molecular flexibility index (Phi) is 3.84. The molecule has 0 aliphatic carbocycles. The first kappa shape index (κ1) is 13.5. The van der Waals surface area contributed by atoms with E-state index in [0.717, 1.165) is 24.4 Å². The Hall–Kier alpha value is -1.90. The largest absolute Gasteiger partial charge is 0.311 e. The van der Waals surface area contributed by atoms with Gasteiger partial charge in [0, 0.05) is 17.9 Å². The lowest BCUT2D eigenvalue weighted by atomic mass is 9.92. The lowest BCUT2D eigenvalue weighted by Gasteiger charge is -2.17. The second-order valence-corrected chi connectivity index (χ2v) is 5.81. The van der Waals surface area contributed by atoms with Crippen molar-refractivity contribution < 1.29 is 0 Å². The monoisotopic (exact) mass is 256 g/mol. The summed E-state index contributed by atoms with van der Waals surface area (Å²) < 4.78 is 0. The number of H-pyrrole nitrogens is 1. The summed E-state index contributed by atoms with van der Waals surface area (Å²) in [6.07, 6.45) is 1.64. The van der Waals surface area contributed by atoms with E-state index in [9.17, 15) is 4.79 Å². The Morgan fingerprint density at radius 1 is 1.11 bits per heavy atom. The first-order valence-corrected chi connectivity index (χ1v) is 6.60. The van der Waals surface area contributed by atoms with Gasteiger partial charge in [0.2, 0.25) is 0 Å². The minimum absolute atomic E-state index is 0.0667. The highest BCUT2D eigenvalue weighted by molar-refractivity contribution is 5.17. The van der Waals surface area contributed by atoms with Gasteiger partial charge in [-0.25, -0.2) is 4.98 Å². The number of nitrogens with zero attached hydrogens (tertiary/aromatic N) is 1. The highest BCUT2D eigenvalue weighted by Gasteiger charge is 2.16. The molecule has 2 aromatic rings. The van der Waals surface area contributed by atoms with Crippen LogP contribution in [0.1, 0.15) is 37.9 Å². The summed E-state index contributed by atoms with van der Waals surface area (Å²) in [5.41, 5.74) is 1.93. The summed E-state index contributed by atoms with van der Waals surface area (Å²) in [6.45, 7) is 6.20. The van der Waals surface area contributed by atoms with Crippen molar-refractivity contribution in [2.75, 3.05) is 0 Å². The van der Waals surface area contributed by atoms with Crippen molar-refractivity contribution in [3.05, 3.63) is 63.8 Å². The molecule has 0 amide bonds. The molecule has 19 heavy (non-hydrogen) atoms. The van der Waals surface area contributed by atoms with Gasteiger partial charge < -0.3 is 4.98 Å². The van der Waals surface area contributed by atoms with Gasteiger partial charge in [-0.3, -0.25) is 4.79 Å². The van der Waals surface area contributed by atoms with Gasteiger partial charge in [-0.1, -0.05) is 51.1 Å². The van der Waals surface area contributed by atoms with Crippen molar-refractivity contribution in [2.24, 2.45) is 0 Å². The van der Waals surface area contributed by atoms with Gasteiger partial charge in [-0.2, -0.15) is 0 Å². The van der Waals surface area contributed by atoms with Crippen LogP contribution in [0.4, 0.5) is 0 Å². The maximum atomic E-state index is 11.7. The molecule has 1 heterocycles. The number of aromatic amines is 1. The standard InChI is InChI=1S/C16H20N2O/c1-16(2,3)13-11-15(19)18-14(17-13)10-9-12-7-5-4-6-8-12/h4-8,11H,9-10H2,1-3H3,(H,17,18,19). The summed E-state index contributed by atoms with van der Waals surface area (Å²) >= 11 is 0. The van der Waals surface area contributed by atoms with E-state index >= 15 is 0 Å². The molecule has 0 saturated heterocycles. The highest BCUT2D eigenvalue weighted by Crippen LogP contribution is 2.18. The molecule has 3 nitrogen and oxygen atoms in total. The number of benzene rings is 1. The molecule has 0 spiro atoms. The van der Waals surface area contributed by atoms with Crippen LogP contribution in [-0.4, -0.2) is 9.97 Å². The summed E-state index contributed by atoms with van der Waals surface area (Å²) in [5, 5.41) is 0. The second-order valence-electron chi connectivity index (χ2n) is 5.81. The SMILES string of the molecule is CC(C)(C)c1cc(=O)[nH]c(CCc2ccccc2)n1. The smallest absolute Gasteiger partial charge is 0.251 e. The molecular weight excluding hydrogens is 236 g/mol. The van der Waals surface area contributed by atoms with Crippen LogP contribution in [-0.2, 0) is 18.3 Å². The number of hydrogen-bond acceptors (Lipinski definition) is 2. The van der Waals surface area contributed by atoms with Crippen molar-refractivity contribution in [3.63, 3.8) is 0 Å². The third-order valence-corrected chi connectivity index (χ3v) is 3.05. The predicted molar refractivity (Wildman–Crippen MR) is 77.4 cm³/mol. The predicted octanol–water partition coefficient (Wildman–Crippen LogP) is 2.85. The van der Waals surface area contributed by atoms with Crippen LogP contribution in [0, 0.1) is 0 Å².